The molecule has 41 heavy (non-hydrogen) atoms. The fourth-order valence-electron chi connectivity index (χ4n) is 5.33. The van der Waals surface area contributed by atoms with Crippen molar-refractivity contribution in [1.82, 2.24) is 9.62 Å². The monoisotopic (exact) mass is 584 g/mol. The van der Waals surface area contributed by atoms with E-state index < -0.39 is 33.9 Å². The Morgan fingerprint density at radius 1 is 1.05 bits per heavy atom. The van der Waals surface area contributed by atoms with Gasteiger partial charge in [0.05, 0.1) is 10.8 Å². The zero-order valence-electron chi connectivity index (χ0n) is 24.9. The predicted molar refractivity (Wildman–Crippen MR) is 161 cm³/mol. The zero-order chi connectivity index (χ0) is 30.6. The van der Waals surface area contributed by atoms with Crippen LogP contribution in [-0.2, 0) is 26.0 Å². The smallest absolute Gasteiger partial charge is 0.308 e. The summed E-state index contributed by atoms with van der Waals surface area (Å²) in [6, 6.07) is 9.53. The second kappa shape index (κ2) is 13.2. The van der Waals surface area contributed by atoms with E-state index in [4.69, 9.17) is 11.1 Å². The molecule has 0 bridgehead atoms. The molecule has 0 aromatic heterocycles. The van der Waals surface area contributed by atoms with Crippen LogP contribution in [0.4, 0.5) is 0 Å². The topological polar surface area (TPSA) is 154 Å². The minimum absolute atomic E-state index is 0.0194. The van der Waals surface area contributed by atoms with Crippen LogP contribution in [0, 0.1) is 11.3 Å². The molecule has 1 aliphatic rings. The van der Waals surface area contributed by atoms with Gasteiger partial charge in [-0.2, -0.15) is 4.72 Å². The van der Waals surface area contributed by atoms with E-state index in [9.17, 15) is 23.1 Å². The summed E-state index contributed by atoms with van der Waals surface area (Å²) in [5.74, 6) is -2.24. The van der Waals surface area contributed by atoms with Gasteiger partial charge in [-0.05, 0) is 65.3 Å². The molecule has 10 heteroatoms. The van der Waals surface area contributed by atoms with Crippen molar-refractivity contribution in [2.75, 3.05) is 13.1 Å². The Bertz CT molecular complexity index is 1370. The number of piperidine rings is 1. The number of carboxylic acid groups (broad SMARTS) is 1. The van der Waals surface area contributed by atoms with Crippen molar-refractivity contribution in [3.8, 4) is 0 Å². The molecular formula is C31H44N4O5S. The number of carboxylic acids is 1. The molecule has 1 fully saturated rings. The van der Waals surface area contributed by atoms with E-state index in [0.717, 1.165) is 5.56 Å². The number of rotatable bonds is 11. The lowest BCUT2D eigenvalue weighted by Gasteiger charge is -2.34. The second-order valence-corrected chi connectivity index (χ2v) is 13.6. The maximum Gasteiger partial charge on any atom is 0.308 e. The first-order chi connectivity index (χ1) is 19.1. The zero-order valence-corrected chi connectivity index (χ0v) is 25.7. The fraction of sp³-hybridized carbons (Fsp3) is 0.516. The van der Waals surface area contributed by atoms with Crippen LogP contribution in [0.1, 0.15) is 100.0 Å². The van der Waals surface area contributed by atoms with E-state index in [0.29, 0.717) is 41.6 Å². The van der Waals surface area contributed by atoms with Gasteiger partial charge in [-0.25, -0.2) is 8.42 Å². The molecule has 0 aliphatic carbocycles. The maximum absolute atomic E-state index is 14.3. The van der Waals surface area contributed by atoms with Gasteiger partial charge < -0.3 is 15.7 Å². The van der Waals surface area contributed by atoms with Crippen LogP contribution >= 0.6 is 0 Å². The number of nitrogens with one attached hydrogen (secondary N) is 2. The van der Waals surface area contributed by atoms with E-state index in [2.05, 4.69) is 18.6 Å². The molecule has 1 amide bonds. The van der Waals surface area contributed by atoms with E-state index in [1.54, 1.807) is 24.3 Å². The van der Waals surface area contributed by atoms with Gasteiger partial charge in [0.2, 0.25) is 15.9 Å². The van der Waals surface area contributed by atoms with Crippen LogP contribution < -0.4 is 10.5 Å². The van der Waals surface area contributed by atoms with Gasteiger partial charge in [0.1, 0.15) is 11.9 Å². The van der Waals surface area contributed by atoms with E-state index in [1.165, 1.54) is 4.90 Å². The van der Waals surface area contributed by atoms with Gasteiger partial charge in [-0.15, -0.1) is 0 Å². The quantitative estimate of drug-likeness (QED) is 0.224. The second-order valence-electron chi connectivity index (χ2n) is 11.9. The summed E-state index contributed by atoms with van der Waals surface area (Å²) in [5, 5.41) is 17.4. The number of nitrogens with zero attached hydrogens (tertiary/aromatic N) is 1. The molecule has 1 saturated heterocycles. The third-order valence-corrected chi connectivity index (χ3v) is 9.31. The Kier molecular flexibility index (Phi) is 10.4. The Balaban J connectivity index is 2.11. The first-order valence-corrected chi connectivity index (χ1v) is 15.8. The Morgan fingerprint density at radius 3 is 2.17 bits per heavy atom. The molecule has 0 saturated carbocycles. The number of amidine groups is 1. The fourth-order valence-corrected chi connectivity index (χ4v) is 7.21. The van der Waals surface area contributed by atoms with Crippen molar-refractivity contribution in [2.45, 2.75) is 89.5 Å². The van der Waals surface area contributed by atoms with Crippen molar-refractivity contribution in [2.24, 2.45) is 11.7 Å². The van der Waals surface area contributed by atoms with Crippen molar-refractivity contribution < 1.29 is 23.1 Å². The van der Waals surface area contributed by atoms with E-state index in [-0.39, 0.29) is 41.5 Å². The van der Waals surface area contributed by atoms with Crippen LogP contribution in [0.15, 0.2) is 41.3 Å². The summed E-state index contributed by atoms with van der Waals surface area (Å²) in [5.41, 5.74) is 9.22. The number of aliphatic carboxylic acids is 1. The lowest BCUT2D eigenvalue weighted by molar-refractivity contribution is -0.146. The van der Waals surface area contributed by atoms with E-state index in [1.807, 2.05) is 39.8 Å². The van der Waals surface area contributed by atoms with Gasteiger partial charge in [-0.1, -0.05) is 71.9 Å². The Hall–Kier alpha value is -3.24. The number of sulfonamides is 1. The van der Waals surface area contributed by atoms with Crippen LogP contribution in [0.25, 0.3) is 0 Å². The molecule has 9 nitrogen and oxygen atoms in total. The van der Waals surface area contributed by atoms with E-state index >= 15 is 0 Å². The molecule has 0 spiro atoms. The molecule has 2 atom stereocenters. The number of nitrogens with two attached hydrogens (primary N) is 1. The van der Waals surface area contributed by atoms with Gasteiger partial charge in [0.25, 0.3) is 0 Å². The van der Waals surface area contributed by atoms with Gasteiger partial charge in [0.15, 0.2) is 0 Å². The maximum atomic E-state index is 14.3. The Labute approximate surface area is 244 Å². The average molecular weight is 585 g/mol. The molecular weight excluding hydrogens is 540 g/mol. The summed E-state index contributed by atoms with van der Waals surface area (Å²) in [7, 11) is -4.19. The van der Waals surface area contributed by atoms with Crippen LogP contribution in [0.3, 0.4) is 0 Å². The molecule has 2 aromatic rings. The molecule has 1 aliphatic heterocycles. The highest BCUT2D eigenvalue weighted by atomic mass is 32.2. The average Bonchev–Trinajstić information content (AvgIpc) is 2.91. The SMILES string of the molecule is CC(C)c1cc(C(C)C)c(S(=O)(=O)N[C@@H](Cc2cccc(C(=N)N)c2)C(=O)N2CCCC(C(=O)O)C2)c(C(C)C)c1. The first-order valence-electron chi connectivity index (χ1n) is 14.3. The summed E-state index contributed by atoms with van der Waals surface area (Å²) < 4.78 is 31.3. The number of carbonyl (C=O) groups is 2. The summed E-state index contributed by atoms with van der Waals surface area (Å²) in [6.45, 7) is 12.3. The summed E-state index contributed by atoms with van der Waals surface area (Å²) >= 11 is 0. The molecule has 0 radical (unpaired) electrons. The minimum atomic E-state index is -4.19. The molecule has 5 N–H and O–H groups in total. The molecule has 224 valence electrons. The summed E-state index contributed by atoms with van der Waals surface area (Å²) in [4.78, 5) is 27.3. The highest BCUT2D eigenvalue weighted by Crippen LogP contribution is 2.35. The number of hydrogen-bond donors (Lipinski definition) is 4. The summed E-state index contributed by atoms with van der Waals surface area (Å²) in [6.07, 6.45) is 1.01. The number of carbonyl (C=O) groups excluding carboxylic acids is 1. The molecule has 2 aromatic carbocycles. The Morgan fingerprint density at radius 2 is 1.66 bits per heavy atom. The highest BCUT2D eigenvalue weighted by Gasteiger charge is 2.36. The number of nitrogen functional groups attached to an aromatic ring is 1. The largest absolute Gasteiger partial charge is 0.481 e. The lowest BCUT2D eigenvalue weighted by Crippen LogP contribution is -2.53. The number of hydrogen-bond acceptors (Lipinski definition) is 5. The van der Waals surface area contributed by atoms with Crippen LogP contribution in [0.5, 0.6) is 0 Å². The third-order valence-electron chi connectivity index (χ3n) is 7.70. The molecule has 1 unspecified atom stereocenters. The number of amides is 1. The van der Waals surface area contributed by atoms with Gasteiger partial charge in [-0.3, -0.25) is 15.0 Å². The standard InChI is InChI=1S/C31H44N4O5S/c1-18(2)24-15-25(19(3)4)28(26(16-24)20(5)6)41(39,40)34-27(14-21-9-7-10-22(13-21)29(32)33)30(36)35-12-8-11-23(17-35)31(37)38/h7,9-10,13,15-16,18-20,23,27,34H,8,11-12,14,17H2,1-6H3,(H3,32,33)(H,37,38)/t23?,27-/m0/s1. The minimum Gasteiger partial charge on any atom is -0.481 e. The van der Waals surface area contributed by atoms with Crippen molar-refractivity contribution in [3.05, 3.63) is 64.2 Å². The van der Waals surface area contributed by atoms with Crippen LogP contribution in [0.2, 0.25) is 0 Å². The third kappa shape index (κ3) is 7.74. The predicted octanol–water partition coefficient (Wildman–Crippen LogP) is 4.55. The molecule has 1 heterocycles. The molecule has 3 rings (SSSR count). The van der Waals surface area contributed by atoms with Gasteiger partial charge in [0, 0.05) is 18.7 Å². The highest BCUT2D eigenvalue weighted by molar-refractivity contribution is 7.89. The van der Waals surface area contributed by atoms with Crippen molar-refractivity contribution in [1.29, 1.82) is 5.41 Å². The first kappa shape index (κ1) is 32.3. The van der Waals surface area contributed by atoms with Crippen molar-refractivity contribution in [3.63, 3.8) is 0 Å². The van der Waals surface area contributed by atoms with Crippen LogP contribution in [-0.4, -0.2) is 55.3 Å². The van der Waals surface area contributed by atoms with Crippen molar-refractivity contribution >= 4 is 27.7 Å². The lowest BCUT2D eigenvalue weighted by atomic mass is 9.89. The van der Waals surface area contributed by atoms with Gasteiger partial charge >= 0.3 is 5.97 Å². The number of likely N-dealkylation sites (tertiary alicyclic amines) is 1. The number of benzene rings is 2. The normalized spacial score (nSPS) is 16.8.